The first-order valence-electron chi connectivity index (χ1n) is 9.26. The Kier molecular flexibility index (Phi) is 4.11. The molecule has 0 aromatic heterocycles. The van der Waals surface area contributed by atoms with E-state index < -0.39 is 0 Å². The molecule has 0 spiro atoms. The van der Waals surface area contributed by atoms with Crippen LogP contribution >= 0.6 is 0 Å². The average Bonchev–Trinajstić information content (AvgIpc) is 2.58. The summed E-state index contributed by atoms with van der Waals surface area (Å²) in [6.07, 6.45) is 8.52. The molecule has 1 aromatic carbocycles. The molecule has 0 saturated heterocycles. The second-order valence-electron chi connectivity index (χ2n) is 7.96. The number of hydrogen-bond acceptors (Lipinski definition) is 2. The van der Waals surface area contributed by atoms with Crippen molar-refractivity contribution in [2.45, 2.75) is 38.1 Å². The van der Waals surface area contributed by atoms with Gasteiger partial charge in [-0.1, -0.05) is 12.7 Å². The van der Waals surface area contributed by atoms with Gasteiger partial charge in [0.1, 0.15) is 12.4 Å². The van der Waals surface area contributed by atoms with Crippen molar-refractivity contribution in [3.63, 3.8) is 0 Å². The van der Waals surface area contributed by atoms with E-state index in [1.807, 2.05) is 36.2 Å². The molecule has 4 bridgehead atoms. The Balaban J connectivity index is 1.47. The van der Waals surface area contributed by atoms with Crippen molar-refractivity contribution >= 4 is 5.91 Å². The Labute approximate surface area is 144 Å². The Morgan fingerprint density at radius 2 is 1.71 bits per heavy atom. The van der Waals surface area contributed by atoms with Gasteiger partial charge >= 0.3 is 0 Å². The largest absolute Gasteiger partial charge is 0.490 e. The highest BCUT2D eigenvalue weighted by Crippen LogP contribution is 2.55. The van der Waals surface area contributed by atoms with E-state index in [4.69, 9.17) is 4.74 Å². The standard InChI is InChI=1S/C21H27NO2/c1-3-8-24-19-6-4-16(5-7-19)21(23)22(2)20-17-10-14-9-15(12-17)13-18(20)11-14/h3-7,14-15,17-18,20H,1,8-13H2,2H3. The van der Waals surface area contributed by atoms with Crippen molar-refractivity contribution in [2.24, 2.45) is 23.7 Å². The van der Waals surface area contributed by atoms with E-state index in [2.05, 4.69) is 6.58 Å². The number of benzene rings is 1. The third-order valence-corrected chi connectivity index (χ3v) is 6.41. The molecule has 3 nitrogen and oxygen atoms in total. The van der Waals surface area contributed by atoms with Crippen molar-refractivity contribution < 1.29 is 9.53 Å². The average molecular weight is 325 g/mol. The minimum atomic E-state index is 0.155. The molecule has 0 N–H and O–H groups in total. The first-order chi connectivity index (χ1) is 11.7. The number of ether oxygens (including phenoxy) is 1. The summed E-state index contributed by atoms with van der Waals surface area (Å²) in [5.41, 5.74) is 0.761. The molecule has 1 amide bonds. The first-order valence-corrected chi connectivity index (χ1v) is 9.26. The zero-order valence-electron chi connectivity index (χ0n) is 14.5. The molecule has 1 aromatic rings. The Bertz CT molecular complexity index is 593. The minimum Gasteiger partial charge on any atom is -0.490 e. The first kappa shape index (κ1) is 15.7. The summed E-state index contributed by atoms with van der Waals surface area (Å²) >= 11 is 0. The predicted molar refractivity (Wildman–Crippen MR) is 95.1 cm³/mol. The number of hydrogen-bond donors (Lipinski definition) is 0. The summed E-state index contributed by atoms with van der Waals surface area (Å²) in [5, 5.41) is 0. The van der Waals surface area contributed by atoms with Gasteiger partial charge in [-0.05, 0) is 80.0 Å². The van der Waals surface area contributed by atoms with Crippen LogP contribution in [0.5, 0.6) is 5.75 Å². The van der Waals surface area contributed by atoms with Crippen LogP contribution in [0.4, 0.5) is 0 Å². The zero-order valence-corrected chi connectivity index (χ0v) is 14.5. The van der Waals surface area contributed by atoms with Crippen LogP contribution in [0.25, 0.3) is 0 Å². The van der Waals surface area contributed by atoms with E-state index in [0.717, 1.165) is 35.0 Å². The molecule has 0 radical (unpaired) electrons. The molecule has 4 fully saturated rings. The highest BCUT2D eigenvalue weighted by atomic mass is 16.5. The number of carbonyl (C=O) groups excluding carboxylic acids is 1. The van der Waals surface area contributed by atoms with Gasteiger partial charge < -0.3 is 9.64 Å². The topological polar surface area (TPSA) is 29.5 Å². The van der Waals surface area contributed by atoms with Crippen molar-refractivity contribution in [3.8, 4) is 5.75 Å². The lowest BCUT2D eigenvalue weighted by Gasteiger charge is -2.56. The van der Waals surface area contributed by atoms with Gasteiger partial charge in [0.2, 0.25) is 0 Å². The maximum absolute atomic E-state index is 13.0. The molecular formula is C21H27NO2. The molecular weight excluding hydrogens is 298 g/mol. The van der Waals surface area contributed by atoms with Crippen LogP contribution in [0.15, 0.2) is 36.9 Å². The molecule has 0 heterocycles. The molecule has 4 aliphatic carbocycles. The molecule has 5 rings (SSSR count). The van der Waals surface area contributed by atoms with Crippen molar-refractivity contribution in [2.75, 3.05) is 13.7 Å². The number of nitrogens with zero attached hydrogens (tertiary/aromatic N) is 1. The predicted octanol–water partition coefficient (Wildman–Crippen LogP) is 4.15. The maximum Gasteiger partial charge on any atom is 0.253 e. The normalized spacial score (nSPS) is 33.3. The smallest absolute Gasteiger partial charge is 0.253 e. The summed E-state index contributed by atoms with van der Waals surface area (Å²) in [6.45, 7) is 4.13. The van der Waals surface area contributed by atoms with Gasteiger partial charge in [-0.15, -0.1) is 0 Å². The molecule has 24 heavy (non-hydrogen) atoms. The van der Waals surface area contributed by atoms with E-state index in [1.165, 1.54) is 32.1 Å². The summed E-state index contributed by atoms with van der Waals surface area (Å²) < 4.78 is 5.50. The fourth-order valence-corrected chi connectivity index (χ4v) is 5.72. The third-order valence-electron chi connectivity index (χ3n) is 6.41. The van der Waals surface area contributed by atoms with Gasteiger partial charge in [0.05, 0.1) is 0 Å². The summed E-state index contributed by atoms with van der Waals surface area (Å²) in [5.74, 6) is 4.27. The highest BCUT2D eigenvalue weighted by molar-refractivity contribution is 5.94. The highest BCUT2D eigenvalue weighted by Gasteiger charge is 2.50. The van der Waals surface area contributed by atoms with Gasteiger partial charge in [-0.2, -0.15) is 0 Å². The number of rotatable bonds is 5. The molecule has 0 atom stereocenters. The molecule has 0 unspecified atom stereocenters. The van der Waals surface area contributed by atoms with Crippen LogP contribution in [-0.2, 0) is 0 Å². The van der Waals surface area contributed by atoms with E-state index >= 15 is 0 Å². The Morgan fingerprint density at radius 3 is 2.25 bits per heavy atom. The lowest BCUT2D eigenvalue weighted by atomic mass is 9.54. The van der Waals surface area contributed by atoms with Crippen LogP contribution in [0, 0.1) is 23.7 Å². The van der Waals surface area contributed by atoms with E-state index in [9.17, 15) is 4.79 Å². The van der Waals surface area contributed by atoms with Gasteiger partial charge in [-0.25, -0.2) is 0 Å². The SMILES string of the molecule is C=CCOc1ccc(C(=O)N(C)C2C3CC4CC(C3)CC2C4)cc1. The maximum atomic E-state index is 13.0. The summed E-state index contributed by atoms with van der Waals surface area (Å²) in [6, 6.07) is 7.96. The lowest BCUT2D eigenvalue weighted by Crippen LogP contribution is -2.56. The molecule has 0 aliphatic heterocycles. The van der Waals surface area contributed by atoms with Crippen LogP contribution < -0.4 is 4.74 Å². The quantitative estimate of drug-likeness (QED) is 0.761. The van der Waals surface area contributed by atoms with E-state index in [-0.39, 0.29) is 5.91 Å². The van der Waals surface area contributed by atoms with E-state index in [1.54, 1.807) is 6.08 Å². The minimum absolute atomic E-state index is 0.155. The molecule has 4 aliphatic rings. The van der Waals surface area contributed by atoms with E-state index in [0.29, 0.717) is 12.6 Å². The van der Waals surface area contributed by atoms with Gasteiger partial charge in [0.25, 0.3) is 5.91 Å². The fraction of sp³-hybridized carbons (Fsp3) is 0.571. The third kappa shape index (κ3) is 2.74. The van der Waals surface area contributed by atoms with Crippen LogP contribution in [0.3, 0.4) is 0 Å². The van der Waals surface area contributed by atoms with Crippen LogP contribution in [0.1, 0.15) is 42.5 Å². The molecule has 128 valence electrons. The summed E-state index contributed by atoms with van der Waals surface area (Å²) in [4.78, 5) is 15.0. The van der Waals surface area contributed by atoms with Gasteiger partial charge in [0.15, 0.2) is 0 Å². The van der Waals surface area contributed by atoms with Gasteiger partial charge in [0, 0.05) is 18.7 Å². The zero-order chi connectivity index (χ0) is 16.7. The van der Waals surface area contributed by atoms with Crippen molar-refractivity contribution in [3.05, 3.63) is 42.5 Å². The summed E-state index contributed by atoms with van der Waals surface area (Å²) in [7, 11) is 2.01. The fourth-order valence-electron chi connectivity index (χ4n) is 5.72. The van der Waals surface area contributed by atoms with Crippen molar-refractivity contribution in [1.29, 1.82) is 0 Å². The van der Waals surface area contributed by atoms with Crippen LogP contribution in [0.2, 0.25) is 0 Å². The monoisotopic (exact) mass is 325 g/mol. The number of carbonyl (C=O) groups is 1. The lowest BCUT2D eigenvalue weighted by molar-refractivity contribution is -0.0491. The van der Waals surface area contributed by atoms with Gasteiger partial charge in [-0.3, -0.25) is 4.79 Å². The number of amides is 1. The van der Waals surface area contributed by atoms with Crippen molar-refractivity contribution in [1.82, 2.24) is 4.90 Å². The second kappa shape index (κ2) is 6.27. The van der Waals surface area contributed by atoms with Crippen LogP contribution in [-0.4, -0.2) is 30.5 Å². The Hall–Kier alpha value is -1.77. The molecule has 3 heteroatoms. The Morgan fingerprint density at radius 1 is 1.12 bits per heavy atom. The molecule has 4 saturated carbocycles. The second-order valence-corrected chi connectivity index (χ2v) is 7.96.